The lowest BCUT2D eigenvalue weighted by atomic mass is 10.1. The van der Waals surface area contributed by atoms with Crippen molar-refractivity contribution < 1.29 is 9.32 Å². The summed E-state index contributed by atoms with van der Waals surface area (Å²) in [7, 11) is 0. The van der Waals surface area contributed by atoms with Gasteiger partial charge in [-0.05, 0) is 18.2 Å². The zero-order chi connectivity index (χ0) is 12.3. The number of nitrogens with two attached hydrogens (primary N) is 2. The molecule has 0 atom stereocenters. The molecule has 1 aromatic heterocycles. The predicted octanol–water partition coefficient (Wildman–Crippen LogP) is 0.968. The highest BCUT2D eigenvalue weighted by molar-refractivity contribution is 5.98. The van der Waals surface area contributed by atoms with Gasteiger partial charge in [0.25, 0.3) is 5.91 Å². The van der Waals surface area contributed by atoms with Gasteiger partial charge >= 0.3 is 0 Å². The Morgan fingerprint density at radius 3 is 2.88 bits per heavy atom. The first-order valence-electron chi connectivity index (χ1n) is 4.99. The molecular formula is C11H12N4O2. The fourth-order valence-corrected chi connectivity index (χ4v) is 1.40. The van der Waals surface area contributed by atoms with Crippen LogP contribution in [-0.4, -0.2) is 11.1 Å². The van der Waals surface area contributed by atoms with Crippen molar-refractivity contribution in [3.8, 4) is 0 Å². The van der Waals surface area contributed by atoms with Crippen LogP contribution in [-0.2, 0) is 6.54 Å². The van der Waals surface area contributed by atoms with E-state index >= 15 is 0 Å². The van der Waals surface area contributed by atoms with Crippen molar-refractivity contribution in [3.63, 3.8) is 0 Å². The van der Waals surface area contributed by atoms with Crippen LogP contribution in [0.2, 0.25) is 0 Å². The van der Waals surface area contributed by atoms with Crippen LogP contribution in [0.1, 0.15) is 16.1 Å². The highest BCUT2D eigenvalue weighted by Gasteiger charge is 2.06. The Labute approximate surface area is 97.6 Å². The van der Waals surface area contributed by atoms with Crippen molar-refractivity contribution in [2.24, 2.45) is 5.73 Å². The molecule has 2 rings (SSSR count). The lowest BCUT2D eigenvalue weighted by Gasteiger charge is -2.07. The molecular weight excluding hydrogens is 220 g/mol. The predicted molar refractivity (Wildman–Crippen MR) is 63.2 cm³/mol. The van der Waals surface area contributed by atoms with E-state index in [1.165, 1.54) is 6.26 Å². The van der Waals surface area contributed by atoms with Crippen LogP contribution in [0.15, 0.2) is 35.1 Å². The Morgan fingerprint density at radius 2 is 2.24 bits per heavy atom. The van der Waals surface area contributed by atoms with Crippen LogP contribution >= 0.6 is 0 Å². The standard InChI is InChI=1S/C11H12N4O2/c12-10-2-1-7(5-9(10)11(13)16)14-6-8-3-4-17-15-8/h1-5,14H,6,12H2,(H2,13,16). The average Bonchev–Trinajstić information content (AvgIpc) is 2.80. The number of hydrogen-bond acceptors (Lipinski definition) is 5. The normalized spacial score (nSPS) is 10.1. The van der Waals surface area contributed by atoms with Gasteiger partial charge < -0.3 is 21.3 Å². The number of nitrogens with zero attached hydrogens (tertiary/aromatic N) is 1. The number of anilines is 2. The fourth-order valence-electron chi connectivity index (χ4n) is 1.40. The smallest absolute Gasteiger partial charge is 0.250 e. The molecule has 0 aliphatic rings. The summed E-state index contributed by atoms with van der Waals surface area (Å²) >= 11 is 0. The lowest BCUT2D eigenvalue weighted by Crippen LogP contribution is -2.14. The molecule has 6 nitrogen and oxygen atoms in total. The summed E-state index contributed by atoms with van der Waals surface area (Å²) < 4.78 is 4.70. The van der Waals surface area contributed by atoms with E-state index in [2.05, 4.69) is 10.5 Å². The lowest BCUT2D eigenvalue weighted by molar-refractivity contribution is 0.100. The van der Waals surface area contributed by atoms with Crippen molar-refractivity contribution in [2.45, 2.75) is 6.54 Å². The van der Waals surface area contributed by atoms with Gasteiger partial charge in [0.2, 0.25) is 0 Å². The SMILES string of the molecule is NC(=O)c1cc(NCc2ccon2)ccc1N. The van der Waals surface area contributed by atoms with Crippen molar-refractivity contribution in [2.75, 3.05) is 11.1 Å². The van der Waals surface area contributed by atoms with E-state index in [1.807, 2.05) is 0 Å². The minimum Gasteiger partial charge on any atom is -0.398 e. The summed E-state index contributed by atoms with van der Waals surface area (Å²) in [6.45, 7) is 0.499. The number of benzene rings is 1. The maximum absolute atomic E-state index is 11.1. The second-order valence-corrected chi connectivity index (χ2v) is 3.51. The number of aromatic nitrogens is 1. The van der Waals surface area contributed by atoms with Crippen molar-refractivity contribution in [1.29, 1.82) is 0 Å². The van der Waals surface area contributed by atoms with Crippen LogP contribution in [0.5, 0.6) is 0 Å². The minimum absolute atomic E-state index is 0.301. The fraction of sp³-hybridized carbons (Fsp3) is 0.0909. The molecule has 0 radical (unpaired) electrons. The number of rotatable bonds is 4. The Morgan fingerprint density at radius 1 is 1.41 bits per heavy atom. The van der Waals surface area contributed by atoms with Gasteiger partial charge in [0.15, 0.2) is 0 Å². The maximum atomic E-state index is 11.1. The van der Waals surface area contributed by atoms with Gasteiger partial charge in [0.1, 0.15) is 12.0 Å². The molecule has 0 spiro atoms. The van der Waals surface area contributed by atoms with E-state index in [4.69, 9.17) is 16.0 Å². The Bertz CT molecular complexity index is 522. The van der Waals surface area contributed by atoms with E-state index in [0.29, 0.717) is 17.8 Å². The van der Waals surface area contributed by atoms with Crippen LogP contribution in [0.4, 0.5) is 11.4 Å². The van der Waals surface area contributed by atoms with Gasteiger partial charge in [0.05, 0.1) is 12.1 Å². The monoisotopic (exact) mass is 232 g/mol. The molecule has 0 aliphatic carbocycles. The van der Waals surface area contributed by atoms with Crippen LogP contribution in [0.3, 0.4) is 0 Å². The number of carbonyl (C=O) groups excluding carboxylic acids is 1. The molecule has 0 unspecified atom stereocenters. The second kappa shape index (κ2) is 4.56. The molecule has 0 saturated heterocycles. The molecule has 1 heterocycles. The number of nitrogens with one attached hydrogen (secondary N) is 1. The Hall–Kier alpha value is -2.50. The van der Waals surface area contributed by atoms with Crippen molar-refractivity contribution in [1.82, 2.24) is 5.16 Å². The molecule has 17 heavy (non-hydrogen) atoms. The molecule has 1 aromatic carbocycles. The molecule has 88 valence electrons. The van der Waals surface area contributed by atoms with E-state index in [-0.39, 0.29) is 0 Å². The molecule has 0 aliphatic heterocycles. The number of amides is 1. The first-order valence-corrected chi connectivity index (χ1v) is 4.99. The zero-order valence-corrected chi connectivity index (χ0v) is 9.01. The minimum atomic E-state index is -0.549. The third-order valence-electron chi connectivity index (χ3n) is 2.28. The van der Waals surface area contributed by atoms with Gasteiger partial charge in [-0.15, -0.1) is 0 Å². The van der Waals surface area contributed by atoms with Gasteiger partial charge in [0, 0.05) is 17.4 Å². The molecule has 0 fully saturated rings. The average molecular weight is 232 g/mol. The third kappa shape index (κ3) is 2.54. The quantitative estimate of drug-likeness (QED) is 0.681. The zero-order valence-electron chi connectivity index (χ0n) is 9.01. The number of hydrogen-bond donors (Lipinski definition) is 3. The van der Waals surface area contributed by atoms with E-state index in [0.717, 1.165) is 11.4 Å². The van der Waals surface area contributed by atoms with Crippen LogP contribution < -0.4 is 16.8 Å². The molecule has 0 bridgehead atoms. The topological polar surface area (TPSA) is 107 Å². The molecule has 0 saturated carbocycles. The summed E-state index contributed by atoms with van der Waals surface area (Å²) in [6, 6.07) is 6.75. The van der Waals surface area contributed by atoms with E-state index in [9.17, 15) is 4.79 Å². The first-order chi connectivity index (χ1) is 8.16. The summed E-state index contributed by atoms with van der Waals surface area (Å²) in [4.78, 5) is 11.1. The second-order valence-electron chi connectivity index (χ2n) is 3.51. The van der Waals surface area contributed by atoms with Crippen molar-refractivity contribution in [3.05, 3.63) is 41.8 Å². The summed E-state index contributed by atoms with van der Waals surface area (Å²) in [5, 5.41) is 6.84. The van der Waals surface area contributed by atoms with Crippen molar-refractivity contribution >= 4 is 17.3 Å². The number of carbonyl (C=O) groups is 1. The summed E-state index contributed by atoms with van der Waals surface area (Å²) in [5.74, 6) is -0.549. The summed E-state index contributed by atoms with van der Waals surface area (Å²) in [5.41, 5.74) is 13.0. The van der Waals surface area contributed by atoms with Gasteiger partial charge in [-0.25, -0.2) is 0 Å². The van der Waals surface area contributed by atoms with E-state index < -0.39 is 5.91 Å². The Balaban J connectivity index is 2.11. The number of nitrogen functional groups attached to an aromatic ring is 1. The molecule has 5 N–H and O–H groups in total. The molecule has 1 amide bonds. The summed E-state index contributed by atoms with van der Waals surface area (Å²) in [6.07, 6.45) is 1.49. The number of primary amides is 1. The highest BCUT2D eigenvalue weighted by atomic mass is 16.5. The van der Waals surface area contributed by atoms with E-state index in [1.54, 1.807) is 24.3 Å². The molecule has 6 heteroatoms. The van der Waals surface area contributed by atoms with Crippen LogP contribution in [0, 0.1) is 0 Å². The largest absolute Gasteiger partial charge is 0.398 e. The van der Waals surface area contributed by atoms with Crippen LogP contribution in [0.25, 0.3) is 0 Å². The van der Waals surface area contributed by atoms with Gasteiger partial charge in [-0.1, -0.05) is 5.16 Å². The molecule has 2 aromatic rings. The van der Waals surface area contributed by atoms with Gasteiger partial charge in [-0.3, -0.25) is 4.79 Å². The highest BCUT2D eigenvalue weighted by Crippen LogP contribution is 2.17. The van der Waals surface area contributed by atoms with Gasteiger partial charge in [-0.2, -0.15) is 0 Å². The Kier molecular flexibility index (Phi) is 2.95. The maximum Gasteiger partial charge on any atom is 0.250 e. The first kappa shape index (κ1) is 11.0. The third-order valence-corrected chi connectivity index (χ3v) is 2.28.